The van der Waals surface area contributed by atoms with Crippen molar-refractivity contribution < 1.29 is 28.7 Å². The first-order valence-corrected chi connectivity index (χ1v) is 15.7. The maximum absolute atomic E-state index is 14.5. The van der Waals surface area contributed by atoms with Crippen LogP contribution in [0, 0.1) is 12.7 Å². The van der Waals surface area contributed by atoms with Gasteiger partial charge in [-0.05, 0) is 72.7 Å². The van der Waals surface area contributed by atoms with Crippen LogP contribution in [-0.2, 0) is 9.59 Å². The Morgan fingerprint density at radius 1 is 0.750 bits per heavy atom. The molecule has 0 fully saturated rings. The average Bonchev–Trinajstić information content (AvgIpc) is 3.09. The van der Waals surface area contributed by atoms with Crippen molar-refractivity contribution in [2.75, 3.05) is 10.6 Å². The normalized spacial score (nSPS) is 11.7. The van der Waals surface area contributed by atoms with E-state index in [9.17, 15) is 28.7 Å². The number of thioether (sulfide) groups is 1. The molecule has 0 radical (unpaired) electrons. The third kappa shape index (κ3) is 8.62. The fourth-order valence-electron chi connectivity index (χ4n) is 4.66. The van der Waals surface area contributed by atoms with Gasteiger partial charge in [-0.15, -0.1) is 11.8 Å². The van der Waals surface area contributed by atoms with Crippen LogP contribution in [0.1, 0.15) is 42.7 Å². The number of carbonyl (C=O) groups is 4. The van der Waals surface area contributed by atoms with E-state index < -0.39 is 28.9 Å². The number of rotatable bonds is 11. The van der Waals surface area contributed by atoms with Gasteiger partial charge in [-0.1, -0.05) is 78.9 Å². The summed E-state index contributed by atoms with van der Waals surface area (Å²) >= 11 is 1.23. The zero-order chi connectivity index (χ0) is 34.0. The van der Waals surface area contributed by atoms with Gasteiger partial charge in [0.2, 0.25) is 5.91 Å². The molecular formula is C38H30FN3O5S. The summed E-state index contributed by atoms with van der Waals surface area (Å²) in [5, 5.41) is 16.9. The molecule has 0 aromatic heterocycles. The zero-order valence-electron chi connectivity index (χ0n) is 25.6. The maximum atomic E-state index is 14.5. The van der Waals surface area contributed by atoms with E-state index >= 15 is 0 Å². The molecule has 0 aliphatic heterocycles. The third-order valence-electron chi connectivity index (χ3n) is 7.16. The number of hydrogen-bond donors (Lipinski definition) is 4. The van der Waals surface area contributed by atoms with E-state index in [0.29, 0.717) is 33.0 Å². The van der Waals surface area contributed by atoms with Crippen LogP contribution >= 0.6 is 11.8 Å². The second kappa shape index (κ2) is 15.5. The van der Waals surface area contributed by atoms with Crippen LogP contribution in [0.2, 0.25) is 0 Å². The Morgan fingerprint density at radius 3 is 2.15 bits per heavy atom. The van der Waals surface area contributed by atoms with Crippen molar-refractivity contribution in [3.05, 3.63) is 167 Å². The maximum Gasteiger partial charge on any atom is 0.335 e. The van der Waals surface area contributed by atoms with Crippen LogP contribution < -0.4 is 16.0 Å². The number of aryl methyl sites for hydroxylation is 1. The lowest BCUT2D eigenvalue weighted by atomic mass is 10.1. The molecule has 8 nitrogen and oxygen atoms in total. The van der Waals surface area contributed by atoms with Crippen LogP contribution in [0.25, 0.3) is 6.08 Å². The number of amides is 3. The molecule has 5 aromatic rings. The number of halogens is 1. The first-order chi connectivity index (χ1) is 23.2. The number of carbonyl (C=O) groups excluding carboxylic acids is 3. The van der Waals surface area contributed by atoms with E-state index in [4.69, 9.17) is 0 Å². The monoisotopic (exact) mass is 659 g/mol. The van der Waals surface area contributed by atoms with Crippen LogP contribution in [-0.4, -0.2) is 28.8 Å². The minimum atomic E-state index is -1.11. The van der Waals surface area contributed by atoms with Crippen molar-refractivity contribution in [2.24, 2.45) is 0 Å². The first-order valence-electron chi connectivity index (χ1n) is 14.8. The zero-order valence-corrected chi connectivity index (χ0v) is 26.5. The second-order valence-corrected chi connectivity index (χ2v) is 11.8. The molecule has 48 heavy (non-hydrogen) atoms. The van der Waals surface area contributed by atoms with Gasteiger partial charge in [0.1, 0.15) is 16.8 Å². The van der Waals surface area contributed by atoms with Gasteiger partial charge in [0.05, 0.1) is 5.56 Å². The summed E-state index contributed by atoms with van der Waals surface area (Å²) in [4.78, 5) is 52.4. The molecule has 0 aliphatic rings. The Hall–Kier alpha value is -6.00. The van der Waals surface area contributed by atoms with E-state index in [0.717, 1.165) is 0 Å². The van der Waals surface area contributed by atoms with Crippen LogP contribution in [0.4, 0.5) is 15.8 Å². The van der Waals surface area contributed by atoms with Gasteiger partial charge in [0.15, 0.2) is 0 Å². The molecular weight excluding hydrogens is 629 g/mol. The molecule has 4 N–H and O–H groups in total. The summed E-state index contributed by atoms with van der Waals surface area (Å²) in [5.41, 5.74) is 2.47. The van der Waals surface area contributed by atoms with Gasteiger partial charge >= 0.3 is 5.97 Å². The van der Waals surface area contributed by atoms with E-state index in [2.05, 4.69) is 16.0 Å². The summed E-state index contributed by atoms with van der Waals surface area (Å²) < 4.78 is 14.5. The molecule has 0 aliphatic carbocycles. The molecule has 240 valence electrons. The summed E-state index contributed by atoms with van der Waals surface area (Å²) in [6.07, 6.45) is 1.27. The van der Waals surface area contributed by atoms with Crippen molar-refractivity contribution in [2.45, 2.75) is 17.1 Å². The number of carboxylic acid groups (broad SMARTS) is 1. The van der Waals surface area contributed by atoms with Crippen molar-refractivity contribution in [3.63, 3.8) is 0 Å². The smallest absolute Gasteiger partial charge is 0.335 e. The number of benzene rings is 5. The largest absolute Gasteiger partial charge is 0.478 e. The first kappa shape index (κ1) is 33.4. The molecule has 5 rings (SSSR count). The van der Waals surface area contributed by atoms with E-state index in [1.54, 1.807) is 73.7 Å². The molecule has 0 saturated heterocycles. The molecule has 3 amide bonds. The number of anilines is 2. The molecule has 1 atom stereocenters. The highest BCUT2D eigenvalue weighted by Gasteiger charge is 2.24. The van der Waals surface area contributed by atoms with Gasteiger partial charge in [0.25, 0.3) is 11.8 Å². The number of hydrogen-bond acceptors (Lipinski definition) is 5. The second-order valence-electron chi connectivity index (χ2n) is 10.6. The predicted octanol–water partition coefficient (Wildman–Crippen LogP) is 7.71. The lowest BCUT2D eigenvalue weighted by molar-refractivity contribution is -0.116. The highest BCUT2D eigenvalue weighted by atomic mass is 32.2. The number of carboxylic acids is 1. The molecule has 5 aromatic carbocycles. The van der Waals surface area contributed by atoms with Gasteiger partial charge in [-0.25, -0.2) is 9.18 Å². The summed E-state index contributed by atoms with van der Waals surface area (Å²) in [6.45, 7) is 1.77. The fraction of sp³-hybridized carbons (Fsp3) is 0.0526. The van der Waals surface area contributed by atoms with Crippen molar-refractivity contribution in [1.82, 2.24) is 5.32 Å². The molecule has 0 saturated carbocycles. The van der Waals surface area contributed by atoms with Gasteiger partial charge in [-0.2, -0.15) is 0 Å². The summed E-state index contributed by atoms with van der Waals surface area (Å²) in [6, 6.07) is 34.7. The topological polar surface area (TPSA) is 125 Å². The summed E-state index contributed by atoms with van der Waals surface area (Å²) in [5.74, 6) is -3.27. The standard InChI is InChI=1S/C38H30FN3O5S/c1-24-19-20-28(38(46)47)22-32(24)41-37(45)34(25-11-4-2-5-12-25)48-30-17-10-16-29(23-30)40-36(44)33(21-27-15-8-9-18-31(27)39)42-35(43)26-13-6-3-7-14-26/h2-23,34H,1H3,(H,40,44)(H,41,45)(H,42,43)(H,46,47)/b33-21-. The Kier molecular flexibility index (Phi) is 10.8. The summed E-state index contributed by atoms with van der Waals surface area (Å²) in [7, 11) is 0. The van der Waals surface area contributed by atoms with E-state index in [-0.39, 0.29) is 22.7 Å². The quantitative estimate of drug-likeness (QED) is 0.0851. The van der Waals surface area contributed by atoms with Crippen LogP contribution in [0.15, 0.2) is 138 Å². The van der Waals surface area contributed by atoms with E-state index in [1.807, 2.05) is 30.3 Å². The van der Waals surface area contributed by atoms with Crippen molar-refractivity contribution in [1.29, 1.82) is 0 Å². The minimum Gasteiger partial charge on any atom is -0.478 e. The Labute approximate surface area is 280 Å². The van der Waals surface area contributed by atoms with Gasteiger partial charge < -0.3 is 21.1 Å². The lowest BCUT2D eigenvalue weighted by Gasteiger charge is -2.19. The van der Waals surface area contributed by atoms with Gasteiger partial charge in [-0.3, -0.25) is 14.4 Å². The van der Waals surface area contributed by atoms with Crippen molar-refractivity contribution in [3.8, 4) is 0 Å². The Morgan fingerprint density at radius 2 is 1.44 bits per heavy atom. The minimum absolute atomic E-state index is 0.0478. The highest BCUT2D eigenvalue weighted by molar-refractivity contribution is 8.00. The predicted molar refractivity (Wildman–Crippen MR) is 185 cm³/mol. The lowest BCUT2D eigenvalue weighted by Crippen LogP contribution is -2.30. The van der Waals surface area contributed by atoms with E-state index in [1.165, 1.54) is 48.2 Å². The molecule has 1 unspecified atom stereocenters. The molecule has 10 heteroatoms. The highest BCUT2D eigenvalue weighted by Crippen LogP contribution is 2.37. The number of nitrogens with one attached hydrogen (secondary N) is 3. The Balaban J connectivity index is 1.39. The molecule has 0 spiro atoms. The van der Waals surface area contributed by atoms with Crippen molar-refractivity contribution >= 4 is 52.9 Å². The third-order valence-corrected chi connectivity index (χ3v) is 8.41. The molecule has 0 bridgehead atoms. The fourth-order valence-corrected chi connectivity index (χ4v) is 5.74. The average molecular weight is 660 g/mol. The molecule has 0 heterocycles. The SMILES string of the molecule is Cc1ccc(C(=O)O)cc1NC(=O)C(Sc1cccc(NC(=O)/C(=C/c2ccccc2F)NC(=O)c2ccccc2)c1)c1ccccc1. The van der Waals surface area contributed by atoms with Gasteiger partial charge in [0, 0.05) is 27.4 Å². The number of aromatic carboxylic acids is 1. The Bertz CT molecular complexity index is 2000. The van der Waals surface area contributed by atoms with Crippen LogP contribution in [0.5, 0.6) is 0 Å². The van der Waals surface area contributed by atoms with Crippen LogP contribution in [0.3, 0.4) is 0 Å².